The standard InChI is InChI=1S/C29H45N3/c1-11-14-16-27(15-12-2)22-32(13-3)26(6)21-28(30-10)25(5)18-17-24(4)19-20-31-23-29(7,8)9/h11,14-19,21,31H,1,5-6,10,12-13,20,22-23H2,2-4,7-9H3/b16-14-,18-17-,24-19-,27-15+,28-21-. The van der Waals surface area contributed by atoms with E-state index in [1.54, 1.807) is 6.08 Å². The van der Waals surface area contributed by atoms with Crippen molar-refractivity contribution in [1.82, 2.24) is 10.2 Å². The van der Waals surface area contributed by atoms with Crippen molar-refractivity contribution in [1.29, 1.82) is 0 Å². The molecule has 0 aliphatic rings. The number of nitrogens with zero attached hydrogens (tertiary/aromatic N) is 2. The van der Waals surface area contributed by atoms with Crippen LogP contribution in [0.3, 0.4) is 0 Å². The predicted molar refractivity (Wildman–Crippen MR) is 146 cm³/mol. The SMILES string of the molecule is C=C/C=C\C(=C/CC)CN(CC)C(=C)/C=C(\N=C)C(=C)/C=C\C(C)=C/CNCC(C)(C)C. The Balaban J connectivity index is 5.20. The summed E-state index contributed by atoms with van der Waals surface area (Å²) in [6.07, 6.45) is 17.2. The lowest BCUT2D eigenvalue weighted by Crippen LogP contribution is -2.26. The highest BCUT2D eigenvalue weighted by atomic mass is 15.1. The summed E-state index contributed by atoms with van der Waals surface area (Å²) in [4.78, 5) is 6.40. The van der Waals surface area contributed by atoms with Gasteiger partial charge in [0.1, 0.15) is 0 Å². The van der Waals surface area contributed by atoms with Gasteiger partial charge in [0, 0.05) is 31.9 Å². The molecule has 3 nitrogen and oxygen atoms in total. The van der Waals surface area contributed by atoms with Gasteiger partial charge in [-0.3, -0.25) is 4.99 Å². The van der Waals surface area contributed by atoms with Crippen LogP contribution < -0.4 is 5.32 Å². The van der Waals surface area contributed by atoms with Crippen LogP contribution in [0.15, 0.2) is 101 Å². The molecule has 0 amide bonds. The number of rotatable bonds is 15. The second-order valence-corrected chi connectivity index (χ2v) is 8.97. The third kappa shape index (κ3) is 13.6. The summed E-state index contributed by atoms with van der Waals surface area (Å²) in [5.41, 5.74) is 5.11. The molecule has 0 rings (SSSR count). The van der Waals surface area contributed by atoms with Crippen LogP contribution in [0, 0.1) is 5.41 Å². The number of hydrogen-bond acceptors (Lipinski definition) is 3. The lowest BCUT2D eigenvalue weighted by atomic mass is 9.97. The van der Waals surface area contributed by atoms with Crippen molar-refractivity contribution in [2.24, 2.45) is 10.4 Å². The predicted octanol–water partition coefficient (Wildman–Crippen LogP) is 7.18. The molecule has 176 valence electrons. The normalized spacial score (nSPS) is 13.6. The highest BCUT2D eigenvalue weighted by molar-refractivity contribution is 5.46. The lowest BCUT2D eigenvalue weighted by Gasteiger charge is -2.24. The van der Waals surface area contributed by atoms with E-state index < -0.39 is 0 Å². The average molecular weight is 436 g/mol. The Morgan fingerprint density at radius 1 is 1.06 bits per heavy atom. The van der Waals surface area contributed by atoms with Crippen LogP contribution in [0.1, 0.15) is 48.0 Å². The van der Waals surface area contributed by atoms with Gasteiger partial charge in [-0.15, -0.1) is 0 Å². The maximum absolute atomic E-state index is 4.26. The third-order valence-corrected chi connectivity index (χ3v) is 4.65. The molecule has 32 heavy (non-hydrogen) atoms. The molecule has 0 bridgehead atoms. The van der Waals surface area contributed by atoms with Crippen molar-refractivity contribution in [3.8, 4) is 0 Å². The maximum Gasteiger partial charge on any atom is 0.0709 e. The Bertz CT molecular complexity index is 780. The van der Waals surface area contributed by atoms with E-state index in [0.29, 0.717) is 0 Å². The maximum atomic E-state index is 4.26. The fraction of sp³-hybridized carbons (Fsp3) is 0.414. The molecule has 0 atom stereocenters. The van der Waals surface area contributed by atoms with E-state index in [4.69, 9.17) is 0 Å². The van der Waals surface area contributed by atoms with Gasteiger partial charge in [-0.2, -0.15) is 0 Å². The zero-order valence-corrected chi connectivity index (χ0v) is 21.4. The molecule has 0 fully saturated rings. The molecule has 0 radical (unpaired) electrons. The van der Waals surface area contributed by atoms with Crippen molar-refractivity contribution >= 4 is 6.72 Å². The minimum Gasteiger partial charge on any atom is -0.368 e. The Morgan fingerprint density at radius 3 is 2.28 bits per heavy atom. The van der Waals surface area contributed by atoms with Gasteiger partial charge in [0.05, 0.1) is 5.70 Å². The topological polar surface area (TPSA) is 27.6 Å². The fourth-order valence-electron chi connectivity index (χ4n) is 2.83. The van der Waals surface area contributed by atoms with Crippen molar-refractivity contribution < 1.29 is 0 Å². The minimum atomic E-state index is 0.283. The molecule has 0 saturated carbocycles. The first-order chi connectivity index (χ1) is 15.1. The Morgan fingerprint density at radius 2 is 1.75 bits per heavy atom. The number of likely N-dealkylation sites (N-methyl/N-ethyl adjacent to an activating group) is 1. The van der Waals surface area contributed by atoms with Crippen molar-refractivity contribution in [2.75, 3.05) is 26.2 Å². The van der Waals surface area contributed by atoms with Crippen LogP contribution in [0.5, 0.6) is 0 Å². The molecule has 0 aliphatic heterocycles. The molecule has 3 heteroatoms. The van der Waals surface area contributed by atoms with Gasteiger partial charge in [0.15, 0.2) is 0 Å². The number of hydrogen-bond donors (Lipinski definition) is 1. The summed E-state index contributed by atoms with van der Waals surface area (Å²) in [7, 11) is 0. The summed E-state index contributed by atoms with van der Waals surface area (Å²) < 4.78 is 0. The monoisotopic (exact) mass is 435 g/mol. The lowest BCUT2D eigenvalue weighted by molar-refractivity contribution is 0.388. The number of aliphatic imine (C=N–C) groups is 1. The van der Waals surface area contributed by atoms with E-state index in [1.807, 2.05) is 18.2 Å². The quantitative estimate of drug-likeness (QED) is 0.168. The van der Waals surface area contributed by atoms with Crippen LogP contribution in [-0.2, 0) is 0 Å². The van der Waals surface area contributed by atoms with Gasteiger partial charge in [0.2, 0.25) is 0 Å². The minimum absolute atomic E-state index is 0.283. The Kier molecular flexibility index (Phi) is 14.7. The molecule has 0 saturated heterocycles. The van der Waals surface area contributed by atoms with Gasteiger partial charge in [0.25, 0.3) is 0 Å². The van der Waals surface area contributed by atoms with Crippen molar-refractivity contribution in [3.63, 3.8) is 0 Å². The zero-order chi connectivity index (χ0) is 24.6. The number of allylic oxidation sites excluding steroid dienone is 7. The van der Waals surface area contributed by atoms with Gasteiger partial charge in [-0.1, -0.05) is 95.5 Å². The van der Waals surface area contributed by atoms with E-state index in [2.05, 4.69) is 108 Å². The fourth-order valence-corrected chi connectivity index (χ4v) is 2.83. The van der Waals surface area contributed by atoms with E-state index >= 15 is 0 Å². The molecule has 0 aliphatic carbocycles. The Hall–Kier alpha value is -2.65. The first-order valence-electron chi connectivity index (χ1n) is 11.4. The van der Waals surface area contributed by atoms with Crippen molar-refractivity contribution in [2.45, 2.75) is 48.0 Å². The van der Waals surface area contributed by atoms with E-state index in [-0.39, 0.29) is 5.41 Å². The van der Waals surface area contributed by atoms with Gasteiger partial charge in [-0.05, 0) is 49.6 Å². The summed E-state index contributed by atoms with van der Waals surface area (Å²) in [5.74, 6) is 0. The highest BCUT2D eigenvalue weighted by Crippen LogP contribution is 2.17. The van der Waals surface area contributed by atoms with Crippen LogP contribution in [0.25, 0.3) is 0 Å². The van der Waals surface area contributed by atoms with E-state index in [9.17, 15) is 0 Å². The zero-order valence-electron chi connectivity index (χ0n) is 21.4. The van der Waals surface area contributed by atoms with E-state index in [1.165, 1.54) is 11.1 Å². The second-order valence-electron chi connectivity index (χ2n) is 8.97. The van der Waals surface area contributed by atoms with Crippen LogP contribution in [0.4, 0.5) is 0 Å². The molecule has 0 unspecified atom stereocenters. The number of nitrogens with one attached hydrogen (secondary N) is 1. The largest absolute Gasteiger partial charge is 0.368 e. The van der Waals surface area contributed by atoms with Gasteiger partial charge in [-0.25, -0.2) is 0 Å². The van der Waals surface area contributed by atoms with Gasteiger partial charge < -0.3 is 10.2 Å². The highest BCUT2D eigenvalue weighted by Gasteiger charge is 2.08. The summed E-state index contributed by atoms with van der Waals surface area (Å²) in [6, 6.07) is 0. The third-order valence-electron chi connectivity index (χ3n) is 4.65. The van der Waals surface area contributed by atoms with Crippen LogP contribution in [-0.4, -0.2) is 37.8 Å². The van der Waals surface area contributed by atoms with Crippen LogP contribution in [0.2, 0.25) is 0 Å². The molecule has 0 spiro atoms. The molecule has 0 aromatic heterocycles. The summed E-state index contributed by atoms with van der Waals surface area (Å²) in [6.45, 7) is 32.4. The average Bonchev–Trinajstić information content (AvgIpc) is 2.74. The van der Waals surface area contributed by atoms with Crippen molar-refractivity contribution in [3.05, 3.63) is 96.5 Å². The molecule has 1 N–H and O–H groups in total. The van der Waals surface area contributed by atoms with Crippen LogP contribution >= 0.6 is 0 Å². The first kappa shape index (κ1) is 29.4. The Labute approximate surface area is 198 Å². The second kappa shape index (κ2) is 16.0. The smallest absolute Gasteiger partial charge is 0.0709 e. The van der Waals surface area contributed by atoms with E-state index in [0.717, 1.165) is 49.6 Å². The summed E-state index contributed by atoms with van der Waals surface area (Å²) >= 11 is 0. The van der Waals surface area contributed by atoms with Gasteiger partial charge >= 0.3 is 0 Å². The molecular formula is C29H45N3. The molecule has 0 heterocycles. The molecular weight excluding hydrogens is 390 g/mol. The molecule has 0 aromatic carbocycles. The first-order valence-corrected chi connectivity index (χ1v) is 11.4. The summed E-state index contributed by atoms with van der Waals surface area (Å²) in [5, 5.41) is 3.46. The molecule has 0 aromatic rings.